The molecule has 0 fully saturated rings. The van der Waals surface area contributed by atoms with E-state index in [1.54, 1.807) is 0 Å². The quantitative estimate of drug-likeness (QED) is 0.0262. The topological polar surface area (TPSA) is 78.9 Å². The summed E-state index contributed by atoms with van der Waals surface area (Å²) in [5.74, 6) is -0.889. The van der Waals surface area contributed by atoms with Crippen LogP contribution in [0.4, 0.5) is 0 Å². The predicted octanol–water partition coefficient (Wildman–Crippen LogP) is 19.8. The van der Waals surface area contributed by atoms with Crippen LogP contribution in [0.5, 0.6) is 0 Å². The number of carbonyl (C=O) groups is 3. The van der Waals surface area contributed by atoms with Gasteiger partial charge >= 0.3 is 17.9 Å². The van der Waals surface area contributed by atoms with Crippen LogP contribution < -0.4 is 0 Å². The molecule has 0 aromatic carbocycles. The van der Waals surface area contributed by atoms with Gasteiger partial charge in [0.1, 0.15) is 13.2 Å². The van der Waals surface area contributed by atoms with Crippen molar-refractivity contribution in [3.8, 4) is 0 Å². The van der Waals surface area contributed by atoms with Crippen LogP contribution in [0.3, 0.4) is 0 Å². The summed E-state index contributed by atoms with van der Waals surface area (Å²) in [7, 11) is 0. The molecule has 69 heavy (non-hydrogen) atoms. The molecule has 0 heterocycles. The number of unbranched alkanes of at least 4 members (excludes halogenated alkanes) is 30. The molecule has 0 aromatic heterocycles. The molecule has 1 unspecified atom stereocenters. The van der Waals surface area contributed by atoms with E-state index < -0.39 is 6.10 Å². The summed E-state index contributed by atoms with van der Waals surface area (Å²) in [6.07, 6.45) is 73.2. The molecule has 6 nitrogen and oxygen atoms in total. The Labute approximate surface area is 427 Å². The Kier molecular flexibility index (Phi) is 54.8. The van der Waals surface area contributed by atoms with E-state index in [-0.39, 0.29) is 31.1 Å². The Morgan fingerprint density at radius 3 is 0.899 bits per heavy atom. The van der Waals surface area contributed by atoms with E-state index in [1.165, 1.54) is 141 Å². The van der Waals surface area contributed by atoms with Gasteiger partial charge in [-0.15, -0.1) is 0 Å². The molecule has 0 radical (unpaired) electrons. The van der Waals surface area contributed by atoms with Gasteiger partial charge in [-0.1, -0.05) is 254 Å². The molecule has 0 bridgehead atoms. The maximum atomic E-state index is 12.8. The fourth-order valence-electron chi connectivity index (χ4n) is 8.29. The zero-order valence-corrected chi connectivity index (χ0v) is 45.6. The minimum Gasteiger partial charge on any atom is -0.462 e. The van der Waals surface area contributed by atoms with E-state index >= 15 is 0 Å². The van der Waals surface area contributed by atoms with Gasteiger partial charge in [-0.2, -0.15) is 0 Å². The second-order valence-electron chi connectivity index (χ2n) is 19.5. The molecule has 0 N–H and O–H groups in total. The summed E-state index contributed by atoms with van der Waals surface area (Å²) in [4.78, 5) is 38.2. The van der Waals surface area contributed by atoms with Gasteiger partial charge < -0.3 is 14.2 Å². The molecule has 0 spiro atoms. The third-order valence-electron chi connectivity index (χ3n) is 12.7. The number of ether oxygens (including phenoxy) is 3. The summed E-state index contributed by atoms with van der Waals surface area (Å²) in [6, 6.07) is 0. The molecule has 1 atom stereocenters. The van der Waals surface area contributed by atoms with Crippen molar-refractivity contribution in [3.05, 3.63) is 72.9 Å². The van der Waals surface area contributed by atoms with Crippen molar-refractivity contribution >= 4 is 17.9 Å². The molecule has 6 heteroatoms. The van der Waals surface area contributed by atoms with Gasteiger partial charge in [0, 0.05) is 19.3 Å². The third kappa shape index (κ3) is 55.6. The zero-order chi connectivity index (χ0) is 50.0. The fraction of sp³-hybridized carbons (Fsp3) is 0.762. The van der Waals surface area contributed by atoms with Crippen LogP contribution in [-0.4, -0.2) is 37.2 Å². The molecule has 0 aliphatic carbocycles. The van der Waals surface area contributed by atoms with Gasteiger partial charge in [0.05, 0.1) is 0 Å². The third-order valence-corrected chi connectivity index (χ3v) is 12.7. The van der Waals surface area contributed by atoms with Gasteiger partial charge in [-0.05, 0) is 89.9 Å². The van der Waals surface area contributed by atoms with Crippen LogP contribution in [0.1, 0.15) is 290 Å². The zero-order valence-electron chi connectivity index (χ0n) is 45.6. The van der Waals surface area contributed by atoms with Crippen LogP contribution in [0.25, 0.3) is 0 Å². The molecular weight excluding hydrogens is 853 g/mol. The Hall–Kier alpha value is -3.15. The van der Waals surface area contributed by atoms with Crippen LogP contribution in [0.2, 0.25) is 0 Å². The Balaban J connectivity index is 4.35. The fourth-order valence-corrected chi connectivity index (χ4v) is 8.29. The Morgan fingerprint density at radius 2 is 0.565 bits per heavy atom. The number of carbonyl (C=O) groups excluding carboxylic acids is 3. The van der Waals surface area contributed by atoms with E-state index in [0.717, 1.165) is 109 Å². The Bertz CT molecular complexity index is 1290. The molecule has 0 aromatic rings. The van der Waals surface area contributed by atoms with Crippen molar-refractivity contribution < 1.29 is 28.6 Å². The number of rotatable bonds is 53. The van der Waals surface area contributed by atoms with Crippen molar-refractivity contribution in [1.82, 2.24) is 0 Å². The highest BCUT2D eigenvalue weighted by Gasteiger charge is 2.19. The first-order chi connectivity index (χ1) is 34.0. The average Bonchev–Trinajstić information content (AvgIpc) is 3.35. The maximum Gasteiger partial charge on any atom is 0.306 e. The second kappa shape index (κ2) is 57.4. The molecule has 0 saturated carbocycles. The molecule has 0 rings (SSSR count). The van der Waals surface area contributed by atoms with E-state index in [2.05, 4.69) is 93.7 Å². The number of allylic oxidation sites excluding steroid dienone is 12. The summed E-state index contributed by atoms with van der Waals surface area (Å²) >= 11 is 0. The highest BCUT2D eigenvalue weighted by Crippen LogP contribution is 2.16. The summed E-state index contributed by atoms with van der Waals surface area (Å²) < 4.78 is 16.9. The van der Waals surface area contributed by atoms with Gasteiger partial charge in [0.25, 0.3) is 0 Å². The highest BCUT2D eigenvalue weighted by atomic mass is 16.6. The first-order valence-corrected chi connectivity index (χ1v) is 29.4. The van der Waals surface area contributed by atoms with Crippen LogP contribution in [0, 0.1) is 0 Å². The molecule has 398 valence electrons. The Morgan fingerprint density at radius 1 is 0.304 bits per heavy atom. The van der Waals surface area contributed by atoms with E-state index in [9.17, 15) is 14.4 Å². The van der Waals surface area contributed by atoms with Crippen molar-refractivity contribution in [2.75, 3.05) is 13.2 Å². The minimum absolute atomic E-state index is 0.0796. The van der Waals surface area contributed by atoms with E-state index in [0.29, 0.717) is 19.3 Å². The SMILES string of the molecule is CC/C=C\C/C=C\C/C=C\C/C=C\C/C=C\CCCCCCCCCC(=O)OCC(COC(=O)CCCCCCCCCCCCCCC)OC(=O)CCCCCCC/C=C\CCCCCCCC. The lowest BCUT2D eigenvalue weighted by molar-refractivity contribution is -0.167. The van der Waals surface area contributed by atoms with Gasteiger partial charge in [0.15, 0.2) is 6.10 Å². The van der Waals surface area contributed by atoms with Crippen molar-refractivity contribution in [2.45, 2.75) is 297 Å². The minimum atomic E-state index is -0.783. The van der Waals surface area contributed by atoms with Crippen LogP contribution in [0.15, 0.2) is 72.9 Å². The van der Waals surface area contributed by atoms with Crippen molar-refractivity contribution in [1.29, 1.82) is 0 Å². The molecular formula is C63H110O6. The highest BCUT2D eigenvalue weighted by molar-refractivity contribution is 5.71. The molecule has 0 saturated heterocycles. The van der Waals surface area contributed by atoms with Crippen molar-refractivity contribution in [3.63, 3.8) is 0 Å². The lowest BCUT2D eigenvalue weighted by Gasteiger charge is -2.18. The second-order valence-corrected chi connectivity index (χ2v) is 19.5. The standard InChI is InChI=1S/C63H110O6/c1-4-7-10-13-16-19-22-25-27-28-29-30-31-32-33-34-36-38-41-44-47-50-53-56-62(65)68-59-60(58-67-61(64)55-52-49-46-43-40-37-24-21-18-15-12-9-6-3)69-63(66)57-54-51-48-45-42-39-35-26-23-20-17-14-11-8-5-2/h7,10,16,19,25-27,29-30,32-33,35,60H,4-6,8-9,11-15,17-18,20-24,28,31,34,36-59H2,1-3H3/b10-7-,19-16-,27-25-,30-29-,33-32-,35-26-. The molecule has 0 aliphatic rings. The van der Waals surface area contributed by atoms with Gasteiger partial charge in [-0.3, -0.25) is 14.4 Å². The van der Waals surface area contributed by atoms with Crippen LogP contribution in [-0.2, 0) is 28.6 Å². The lowest BCUT2D eigenvalue weighted by atomic mass is 10.0. The first-order valence-electron chi connectivity index (χ1n) is 29.4. The molecule has 0 amide bonds. The van der Waals surface area contributed by atoms with Gasteiger partial charge in [-0.25, -0.2) is 0 Å². The van der Waals surface area contributed by atoms with Crippen LogP contribution >= 0.6 is 0 Å². The monoisotopic (exact) mass is 963 g/mol. The van der Waals surface area contributed by atoms with E-state index in [4.69, 9.17) is 14.2 Å². The number of hydrogen-bond donors (Lipinski definition) is 0. The van der Waals surface area contributed by atoms with Gasteiger partial charge in [0.2, 0.25) is 0 Å². The van der Waals surface area contributed by atoms with E-state index in [1.807, 2.05) is 0 Å². The summed E-state index contributed by atoms with van der Waals surface area (Å²) in [5.41, 5.74) is 0. The largest absolute Gasteiger partial charge is 0.462 e. The predicted molar refractivity (Wildman–Crippen MR) is 298 cm³/mol. The average molecular weight is 964 g/mol. The summed E-state index contributed by atoms with van der Waals surface area (Å²) in [6.45, 7) is 6.53. The molecule has 0 aliphatic heterocycles. The summed E-state index contributed by atoms with van der Waals surface area (Å²) in [5, 5.41) is 0. The lowest BCUT2D eigenvalue weighted by Crippen LogP contribution is -2.30. The normalized spacial score (nSPS) is 12.6. The number of esters is 3. The van der Waals surface area contributed by atoms with Crippen molar-refractivity contribution in [2.24, 2.45) is 0 Å². The first kappa shape index (κ1) is 65.8. The number of hydrogen-bond acceptors (Lipinski definition) is 6. The maximum absolute atomic E-state index is 12.8. The smallest absolute Gasteiger partial charge is 0.306 e.